The van der Waals surface area contributed by atoms with Crippen molar-refractivity contribution in [2.24, 2.45) is 11.7 Å². The molecule has 0 amide bonds. The highest BCUT2D eigenvalue weighted by Crippen LogP contribution is 2.42. The molecule has 0 aromatic heterocycles. The molecule has 106 valence electrons. The summed E-state index contributed by atoms with van der Waals surface area (Å²) in [4.78, 5) is 2.74. The molecule has 2 unspecified atom stereocenters. The first-order chi connectivity index (χ1) is 8.51. The highest BCUT2D eigenvalue weighted by molar-refractivity contribution is 8.00. The Hall–Kier alpha value is 0.270. The number of nitrogens with two attached hydrogens (primary N) is 1. The SMILES string of the molecule is CCC1CCC(CN)(N2CCSC(C)(C)CC2)C1. The van der Waals surface area contributed by atoms with Gasteiger partial charge in [-0.05, 0) is 31.6 Å². The molecule has 18 heavy (non-hydrogen) atoms. The summed E-state index contributed by atoms with van der Waals surface area (Å²) in [5.74, 6) is 2.18. The summed E-state index contributed by atoms with van der Waals surface area (Å²) in [6.45, 7) is 10.4. The molecule has 1 aliphatic carbocycles. The number of nitrogens with zero attached hydrogens (tertiary/aromatic N) is 1. The van der Waals surface area contributed by atoms with Gasteiger partial charge in [-0.1, -0.05) is 27.2 Å². The largest absolute Gasteiger partial charge is 0.329 e. The summed E-state index contributed by atoms with van der Waals surface area (Å²) >= 11 is 2.14. The van der Waals surface area contributed by atoms with Crippen molar-refractivity contribution in [3.63, 3.8) is 0 Å². The second-order valence-corrected chi connectivity index (χ2v) is 8.59. The second kappa shape index (κ2) is 5.72. The lowest BCUT2D eigenvalue weighted by molar-refractivity contribution is 0.101. The van der Waals surface area contributed by atoms with Crippen LogP contribution in [0, 0.1) is 5.92 Å². The van der Waals surface area contributed by atoms with Gasteiger partial charge in [-0.2, -0.15) is 11.8 Å². The van der Waals surface area contributed by atoms with Crippen LogP contribution in [0.2, 0.25) is 0 Å². The molecule has 2 atom stereocenters. The van der Waals surface area contributed by atoms with Crippen molar-refractivity contribution < 1.29 is 0 Å². The van der Waals surface area contributed by atoms with E-state index in [0.717, 1.165) is 12.5 Å². The number of hydrogen-bond acceptors (Lipinski definition) is 3. The summed E-state index contributed by atoms with van der Waals surface area (Å²) in [7, 11) is 0. The first kappa shape index (κ1) is 14.7. The molecule has 2 fully saturated rings. The zero-order valence-corrected chi connectivity index (χ0v) is 13.2. The summed E-state index contributed by atoms with van der Waals surface area (Å²) < 4.78 is 0.452. The van der Waals surface area contributed by atoms with Crippen LogP contribution in [0.3, 0.4) is 0 Å². The van der Waals surface area contributed by atoms with E-state index in [4.69, 9.17) is 5.73 Å². The molecule has 2 nitrogen and oxygen atoms in total. The molecule has 1 saturated heterocycles. The molecular formula is C15H30N2S. The predicted molar refractivity (Wildman–Crippen MR) is 82.1 cm³/mol. The van der Waals surface area contributed by atoms with Gasteiger partial charge in [-0.25, -0.2) is 0 Å². The van der Waals surface area contributed by atoms with E-state index in [2.05, 4.69) is 37.4 Å². The third kappa shape index (κ3) is 3.05. The third-order valence-electron chi connectivity index (χ3n) is 5.15. The van der Waals surface area contributed by atoms with Gasteiger partial charge in [0, 0.05) is 35.7 Å². The third-order valence-corrected chi connectivity index (χ3v) is 6.52. The Morgan fingerprint density at radius 2 is 2.06 bits per heavy atom. The maximum absolute atomic E-state index is 6.19. The fourth-order valence-electron chi connectivity index (χ4n) is 3.66. The summed E-state index contributed by atoms with van der Waals surface area (Å²) in [5.41, 5.74) is 6.52. The molecule has 0 aromatic carbocycles. The predicted octanol–water partition coefficient (Wildman–Crippen LogP) is 3.11. The number of hydrogen-bond donors (Lipinski definition) is 1. The van der Waals surface area contributed by atoms with Crippen LogP contribution in [0.5, 0.6) is 0 Å². The van der Waals surface area contributed by atoms with Crippen LogP contribution in [0.1, 0.15) is 52.9 Å². The average molecular weight is 270 g/mol. The maximum Gasteiger partial charge on any atom is 0.0334 e. The smallest absolute Gasteiger partial charge is 0.0334 e. The van der Waals surface area contributed by atoms with Gasteiger partial charge in [-0.3, -0.25) is 4.90 Å². The van der Waals surface area contributed by atoms with Crippen LogP contribution in [0.15, 0.2) is 0 Å². The van der Waals surface area contributed by atoms with Crippen LogP contribution < -0.4 is 5.73 Å². The van der Waals surface area contributed by atoms with Crippen molar-refractivity contribution in [1.82, 2.24) is 4.90 Å². The Balaban J connectivity index is 2.04. The van der Waals surface area contributed by atoms with Crippen LogP contribution in [-0.2, 0) is 0 Å². The lowest BCUT2D eigenvalue weighted by Crippen LogP contribution is -2.53. The topological polar surface area (TPSA) is 29.3 Å². The highest BCUT2D eigenvalue weighted by atomic mass is 32.2. The Bertz CT molecular complexity index is 280. The van der Waals surface area contributed by atoms with Gasteiger partial charge in [0.15, 0.2) is 0 Å². The first-order valence-electron chi connectivity index (χ1n) is 7.60. The van der Waals surface area contributed by atoms with E-state index in [1.54, 1.807) is 0 Å². The molecule has 0 spiro atoms. The number of thioether (sulfide) groups is 1. The minimum atomic E-state index is 0.335. The molecule has 3 heteroatoms. The van der Waals surface area contributed by atoms with E-state index in [0.29, 0.717) is 10.3 Å². The van der Waals surface area contributed by atoms with Crippen LogP contribution in [-0.4, -0.2) is 40.6 Å². The molecule has 2 rings (SSSR count). The van der Waals surface area contributed by atoms with Crippen molar-refractivity contribution in [1.29, 1.82) is 0 Å². The Labute approximate surface area is 117 Å². The van der Waals surface area contributed by atoms with Crippen LogP contribution in [0.25, 0.3) is 0 Å². The molecule has 2 aliphatic rings. The zero-order valence-electron chi connectivity index (χ0n) is 12.4. The second-order valence-electron chi connectivity index (χ2n) is 6.79. The van der Waals surface area contributed by atoms with Gasteiger partial charge in [0.25, 0.3) is 0 Å². The average Bonchev–Trinajstić information content (AvgIpc) is 2.69. The van der Waals surface area contributed by atoms with Crippen molar-refractivity contribution in [2.75, 3.05) is 25.4 Å². The Morgan fingerprint density at radius 1 is 1.28 bits per heavy atom. The molecular weight excluding hydrogens is 240 g/mol. The Morgan fingerprint density at radius 3 is 2.67 bits per heavy atom. The van der Waals surface area contributed by atoms with E-state index < -0.39 is 0 Å². The van der Waals surface area contributed by atoms with E-state index >= 15 is 0 Å². The van der Waals surface area contributed by atoms with Crippen LogP contribution >= 0.6 is 11.8 Å². The van der Waals surface area contributed by atoms with Gasteiger partial charge in [-0.15, -0.1) is 0 Å². The lowest BCUT2D eigenvalue weighted by Gasteiger charge is -2.40. The van der Waals surface area contributed by atoms with E-state index in [1.165, 1.54) is 50.9 Å². The van der Waals surface area contributed by atoms with Crippen molar-refractivity contribution >= 4 is 11.8 Å². The van der Waals surface area contributed by atoms with Gasteiger partial charge in [0.2, 0.25) is 0 Å². The number of rotatable bonds is 3. The quantitative estimate of drug-likeness (QED) is 0.854. The summed E-state index contributed by atoms with van der Waals surface area (Å²) in [5, 5.41) is 0. The van der Waals surface area contributed by atoms with E-state index in [9.17, 15) is 0 Å². The molecule has 1 heterocycles. The van der Waals surface area contributed by atoms with Crippen molar-refractivity contribution in [2.45, 2.75) is 63.2 Å². The lowest BCUT2D eigenvalue weighted by atomic mass is 9.92. The first-order valence-corrected chi connectivity index (χ1v) is 8.59. The zero-order chi connectivity index (χ0) is 13.2. The maximum atomic E-state index is 6.19. The minimum Gasteiger partial charge on any atom is -0.329 e. The highest BCUT2D eigenvalue weighted by Gasteiger charge is 2.43. The Kier molecular flexibility index (Phi) is 4.66. The standard InChI is InChI=1S/C15H30N2S/c1-4-13-5-6-15(11-13,12-16)17-8-7-14(2,3)18-10-9-17/h13H,4-12,16H2,1-3H3. The molecule has 0 radical (unpaired) electrons. The van der Waals surface area contributed by atoms with Gasteiger partial charge in [0.05, 0.1) is 0 Å². The minimum absolute atomic E-state index is 0.335. The molecule has 0 bridgehead atoms. The summed E-state index contributed by atoms with van der Waals surface area (Å²) in [6, 6.07) is 0. The van der Waals surface area contributed by atoms with Gasteiger partial charge >= 0.3 is 0 Å². The van der Waals surface area contributed by atoms with E-state index in [1.807, 2.05) is 0 Å². The van der Waals surface area contributed by atoms with Crippen molar-refractivity contribution in [3.8, 4) is 0 Å². The molecule has 2 N–H and O–H groups in total. The normalized spacial score (nSPS) is 37.7. The molecule has 0 aromatic rings. The monoisotopic (exact) mass is 270 g/mol. The summed E-state index contributed by atoms with van der Waals surface area (Å²) in [6.07, 6.45) is 6.69. The van der Waals surface area contributed by atoms with Gasteiger partial charge < -0.3 is 5.73 Å². The van der Waals surface area contributed by atoms with E-state index in [-0.39, 0.29) is 0 Å². The van der Waals surface area contributed by atoms with Gasteiger partial charge in [0.1, 0.15) is 0 Å². The van der Waals surface area contributed by atoms with Crippen molar-refractivity contribution in [3.05, 3.63) is 0 Å². The molecule has 1 aliphatic heterocycles. The fourth-order valence-corrected chi connectivity index (χ4v) is 4.76. The fraction of sp³-hybridized carbons (Fsp3) is 1.00. The molecule has 1 saturated carbocycles. The van der Waals surface area contributed by atoms with Crippen LogP contribution in [0.4, 0.5) is 0 Å².